The topological polar surface area (TPSA) is 88.1 Å². The highest BCUT2D eigenvalue weighted by atomic mass is 19.4. The summed E-state index contributed by atoms with van der Waals surface area (Å²) in [6, 6.07) is 10.6. The molecule has 10 heteroatoms. The number of amides is 1. The average Bonchev–Trinajstić information content (AvgIpc) is 3.20. The van der Waals surface area contributed by atoms with Crippen molar-refractivity contribution in [2.24, 2.45) is 5.92 Å². The molecule has 0 radical (unpaired) electrons. The zero-order valence-corrected chi connectivity index (χ0v) is 16.7. The molecule has 1 aromatic carbocycles. The Morgan fingerprint density at radius 1 is 1.30 bits per heavy atom. The number of piperidine rings is 1. The predicted molar refractivity (Wildman–Crippen MR) is 102 cm³/mol. The number of carbonyl (C=O) groups excluding carboxylic acids is 1. The van der Waals surface area contributed by atoms with Crippen LogP contribution in [-0.2, 0) is 25.7 Å². The van der Waals surface area contributed by atoms with Gasteiger partial charge < -0.3 is 19.9 Å². The molecule has 7 nitrogen and oxygen atoms in total. The van der Waals surface area contributed by atoms with Crippen LogP contribution in [0.1, 0.15) is 18.4 Å². The van der Waals surface area contributed by atoms with Crippen molar-refractivity contribution in [3.63, 3.8) is 0 Å². The Labute approximate surface area is 173 Å². The molecule has 3 rings (SSSR count). The summed E-state index contributed by atoms with van der Waals surface area (Å²) in [5.74, 6) is -2.62. The van der Waals surface area contributed by atoms with Gasteiger partial charge in [0.15, 0.2) is 0 Å². The van der Waals surface area contributed by atoms with Gasteiger partial charge in [-0.2, -0.15) is 13.2 Å². The Kier molecular flexibility index (Phi) is 9.07. The number of carboxylic acids is 1. The van der Waals surface area contributed by atoms with E-state index in [0.29, 0.717) is 19.3 Å². The maximum atomic E-state index is 12.0. The largest absolute Gasteiger partial charge is 0.490 e. The van der Waals surface area contributed by atoms with E-state index in [1.807, 2.05) is 18.2 Å². The van der Waals surface area contributed by atoms with Crippen LogP contribution in [0.3, 0.4) is 0 Å². The second kappa shape index (κ2) is 11.3. The van der Waals surface area contributed by atoms with Crippen molar-refractivity contribution in [1.29, 1.82) is 0 Å². The minimum atomic E-state index is -5.08. The summed E-state index contributed by atoms with van der Waals surface area (Å²) in [5.41, 5.74) is 1.19. The number of fused-ring (bicyclic) bond motifs is 1. The number of nitrogens with zero attached hydrogens (tertiary/aromatic N) is 1. The van der Waals surface area contributed by atoms with Gasteiger partial charge in [0.25, 0.3) is 0 Å². The van der Waals surface area contributed by atoms with Crippen LogP contribution in [0.15, 0.2) is 30.3 Å². The Morgan fingerprint density at radius 3 is 2.57 bits per heavy atom. The Morgan fingerprint density at radius 2 is 1.97 bits per heavy atom. The molecule has 1 aromatic rings. The summed E-state index contributed by atoms with van der Waals surface area (Å²) in [6.45, 7) is 3.78. The molecule has 0 aromatic heterocycles. The number of hydrogen-bond acceptors (Lipinski definition) is 5. The number of ether oxygens (including phenoxy) is 2. The summed E-state index contributed by atoms with van der Waals surface area (Å²) in [5, 5.41) is 9.90. The van der Waals surface area contributed by atoms with Crippen LogP contribution in [0.5, 0.6) is 0 Å². The monoisotopic (exact) mass is 432 g/mol. The second-order valence-corrected chi connectivity index (χ2v) is 7.15. The predicted octanol–water partition coefficient (Wildman–Crippen LogP) is 2.06. The van der Waals surface area contributed by atoms with Gasteiger partial charge in [-0.05, 0) is 18.4 Å². The maximum Gasteiger partial charge on any atom is 0.490 e. The smallest absolute Gasteiger partial charge is 0.475 e. The van der Waals surface area contributed by atoms with Gasteiger partial charge in [0.1, 0.15) is 0 Å². The van der Waals surface area contributed by atoms with Crippen LogP contribution < -0.4 is 5.32 Å². The number of rotatable bonds is 6. The third kappa shape index (κ3) is 7.26. The van der Waals surface area contributed by atoms with Crippen LogP contribution in [0.25, 0.3) is 0 Å². The molecule has 2 fully saturated rings. The normalized spacial score (nSPS) is 23.8. The number of hydrogen-bond donors (Lipinski definition) is 2. The first-order chi connectivity index (χ1) is 14.2. The molecule has 0 spiro atoms. The van der Waals surface area contributed by atoms with Crippen LogP contribution in [0.4, 0.5) is 13.2 Å². The van der Waals surface area contributed by atoms with Crippen molar-refractivity contribution in [3.05, 3.63) is 35.9 Å². The van der Waals surface area contributed by atoms with Crippen LogP contribution in [0, 0.1) is 5.92 Å². The molecular weight excluding hydrogens is 405 g/mol. The number of likely N-dealkylation sites (tertiary alicyclic amines) is 1. The van der Waals surface area contributed by atoms with Crippen molar-refractivity contribution in [2.45, 2.75) is 37.8 Å². The van der Waals surface area contributed by atoms with E-state index in [9.17, 15) is 18.0 Å². The molecule has 0 bridgehead atoms. The van der Waals surface area contributed by atoms with E-state index in [-0.39, 0.29) is 17.9 Å². The van der Waals surface area contributed by atoms with Crippen molar-refractivity contribution >= 4 is 11.9 Å². The Bertz CT molecular complexity index is 687. The molecule has 2 saturated heterocycles. The summed E-state index contributed by atoms with van der Waals surface area (Å²) < 4.78 is 43.4. The number of alkyl halides is 3. The highest BCUT2D eigenvalue weighted by molar-refractivity contribution is 5.78. The minimum absolute atomic E-state index is 0.0217. The Balaban J connectivity index is 0.000000396. The first kappa shape index (κ1) is 24.1. The van der Waals surface area contributed by atoms with Crippen molar-refractivity contribution in [1.82, 2.24) is 10.2 Å². The molecular formula is C20H27F3N2O5. The van der Waals surface area contributed by atoms with Gasteiger partial charge in [0.2, 0.25) is 5.91 Å². The van der Waals surface area contributed by atoms with Gasteiger partial charge in [0.05, 0.1) is 25.2 Å². The highest BCUT2D eigenvalue weighted by Gasteiger charge is 2.41. The molecule has 2 N–H and O–H groups in total. The zero-order chi connectivity index (χ0) is 22.1. The molecule has 1 amide bonds. The zero-order valence-electron chi connectivity index (χ0n) is 16.7. The molecule has 0 unspecified atom stereocenters. The lowest BCUT2D eigenvalue weighted by Crippen LogP contribution is -2.53. The van der Waals surface area contributed by atoms with Crippen molar-refractivity contribution < 1.29 is 37.3 Å². The van der Waals surface area contributed by atoms with Gasteiger partial charge in [-0.1, -0.05) is 30.3 Å². The maximum absolute atomic E-state index is 12.0. The fraction of sp³-hybridized carbons (Fsp3) is 0.600. The first-order valence-corrected chi connectivity index (χ1v) is 9.71. The molecule has 168 valence electrons. The number of benzene rings is 1. The first-order valence-electron chi connectivity index (χ1n) is 9.71. The molecule has 0 aliphatic carbocycles. The third-order valence-electron chi connectivity index (χ3n) is 5.11. The molecule has 2 aliphatic heterocycles. The molecule has 30 heavy (non-hydrogen) atoms. The third-order valence-corrected chi connectivity index (χ3v) is 5.11. The fourth-order valence-electron chi connectivity index (χ4n) is 3.65. The van der Waals surface area contributed by atoms with E-state index < -0.39 is 12.1 Å². The lowest BCUT2D eigenvalue weighted by Gasteiger charge is -2.40. The lowest BCUT2D eigenvalue weighted by molar-refractivity contribution is -0.192. The van der Waals surface area contributed by atoms with E-state index in [1.54, 1.807) is 7.05 Å². The summed E-state index contributed by atoms with van der Waals surface area (Å²) in [6.07, 6.45) is -2.99. The quantitative estimate of drug-likeness (QED) is 0.670. The van der Waals surface area contributed by atoms with Crippen molar-refractivity contribution in [3.8, 4) is 0 Å². The second-order valence-electron chi connectivity index (χ2n) is 7.15. The Hall–Kier alpha value is -2.17. The minimum Gasteiger partial charge on any atom is -0.475 e. The van der Waals surface area contributed by atoms with Crippen LogP contribution >= 0.6 is 0 Å². The fourth-order valence-corrected chi connectivity index (χ4v) is 3.65. The van der Waals surface area contributed by atoms with Gasteiger partial charge in [-0.15, -0.1) is 0 Å². The van der Waals surface area contributed by atoms with Crippen LogP contribution in [0.2, 0.25) is 0 Å². The van der Waals surface area contributed by atoms with E-state index in [1.165, 1.54) is 5.56 Å². The SMILES string of the molecule is CNC(=O)[C@H]1C[C@H]2OCC[C@H]2N(CCOCc2ccccc2)C1.O=C(O)C(F)(F)F. The van der Waals surface area contributed by atoms with Gasteiger partial charge in [0, 0.05) is 32.8 Å². The molecule has 2 aliphatic rings. The van der Waals surface area contributed by atoms with E-state index in [4.69, 9.17) is 19.4 Å². The lowest BCUT2D eigenvalue weighted by atomic mass is 9.89. The average molecular weight is 432 g/mol. The van der Waals surface area contributed by atoms with Gasteiger partial charge in [-0.3, -0.25) is 9.69 Å². The summed E-state index contributed by atoms with van der Waals surface area (Å²) >= 11 is 0. The number of nitrogens with one attached hydrogen (secondary N) is 1. The number of carbonyl (C=O) groups is 2. The molecule has 3 atom stereocenters. The summed E-state index contributed by atoms with van der Waals surface area (Å²) in [4.78, 5) is 23.3. The number of aliphatic carboxylic acids is 1. The number of carboxylic acid groups (broad SMARTS) is 1. The van der Waals surface area contributed by atoms with E-state index in [2.05, 4.69) is 22.3 Å². The summed E-state index contributed by atoms with van der Waals surface area (Å²) in [7, 11) is 1.71. The van der Waals surface area contributed by atoms with Gasteiger partial charge >= 0.3 is 12.1 Å². The molecule has 0 saturated carbocycles. The van der Waals surface area contributed by atoms with Crippen LogP contribution in [-0.4, -0.2) is 73.6 Å². The van der Waals surface area contributed by atoms with E-state index in [0.717, 1.165) is 32.5 Å². The standard InChI is InChI=1S/C18H26N2O3.C2HF3O2/c1-19-18(21)15-11-17-16(7-9-23-17)20(12-15)8-10-22-13-14-5-3-2-4-6-14;3-2(4,5)1(6)7/h2-6,15-17H,7-13H2,1H3,(H,19,21);(H,6,7)/t15-,16+,17+;/m0./s1. The van der Waals surface area contributed by atoms with E-state index >= 15 is 0 Å². The number of halogens is 3. The van der Waals surface area contributed by atoms with Gasteiger partial charge in [-0.25, -0.2) is 4.79 Å². The highest BCUT2D eigenvalue weighted by Crippen LogP contribution is 2.31. The molecule has 2 heterocycles. The van der Waals surface area contributed by atoms with Crippen molar-refractivity contribution in [2.75, 3.05) is 33.4 Å².